The predicted octanol–water partition coefficient (Wildman–Crippen LogP) is 1.21. The molecule has 2 heterocycles. The topological polar surface area (TPSA) is 32.8 Å². The summed E-state index contributed by atoms with van der Waals surface area (Å²) in [6.45, 7) is 10.8. The molecule has 0 aromatic carbocycles. The van der Waals surface area contributed by atoms with Crippen LogP contribution >= 0.6 is 0 Å². The number of hydrogen-bond acceptors (Lipinski definition) is 3. The summed E-state index contributed by atoms with van der Waals surface area (Å²) < 4.78 is 5.21. The van der Waals surface area contributed by atoms with Crippen LogP contribution in [0.15, 0.2) is 0 Å². The van der Waals surface area contributed by atoms with Crippen molar-refractivity contribution >= 4 is 6.41 Å². The van der Waals surface area contributed by atoms with E-state index in [0.717, 1.165) is 19.5 Å². The summed E-state index contributed by atoms with van der Waals surface area (Å²) in [5.74, 6) is 0. The minimum atomic E-state index is 0.212. The van der Waals surface area contributed by atoms with Gasteiger partial charge in [0.2, 0.25) is 6.41 Å². The van der Waals surface area contributed by atoms with Gasteiger partial charge in [-0.2, -0.15) is 0 Å². The summed E-state index contributed by atoms with van der Waals surface area (Å²) in [6.07, 6.45) is 2.50. The molecule has 4 heteroatoms. The second-order valence-electron chi connectivity index (χ2n) is 3.94. The van der Waals surface area contributed by atoms with Gasteiger partial charge in [0.05, 0.1) is 12.7 Å². The summed E-state index contributed by atoms with van der Waals surface area (Å²) in [7, 11) is 2.14. The molecule has 2 rings (SSSR count). The molecule has 2 aliphatic heterocycles. The van der Waals surface area contributed by atoms with E-state index in [1.54, 1.807) is 4.90 Å². The molecule has 0 aromatic rings. The van der Waals surface area contributed by atoms with E-state index in [-0.39, 0.29) is 6.10 Å². The van der Waals surface area contributed by atoms with Crippen LogP contribution in [0.2, 0.25) is 0 Å². The number of ether oxygens (including phenoxy) is 1. The van der Waals surface area contributed by atoms with E-state index < -0.39 is 0 Å². The van der Waals surface area contributed by atoms with Gasteiger partial charge in [0.15, 0.2) is 0 Å². The maximum absolute atomic E-state index is 10.2. The summed E-state index contributed by atoms with van der Waals surface area (Å²) in [6, 6.07) is 0. The van der Waals surface area contributed by atoms with Crippen molar-refractivity contribution in [3.8, 4) is 0 Å². The van der Waals surface area contributed by atoms with Crippen LogP contribution in [-0.2, 0) is 9.53 Å². The number of carbonyl (C=O) groups is 1. The van der Waals surface area contributed by atoms with E-state index in [2.05, 4.69) is 11.9 Å². The normalized spacial score (nSPS) is 24.2. The standard InChI is InChI=1S/C6H11NO2.C4H9N.C2H6/c1-6-4-7(5-8)2-3-9-6;1-5-3-2-4-5;1-2/h5-6H,2-4H2,1H3;2-4H2,1H3;1-2H3. The minimum Gasteiger partial charge on any atom is -0.375 e. The largest absolute Gasteiger partial charge is 0.375 e. The number of rotatable bonds is 1. The molecule has 0 radical (unpaired) electrons. The lowest BCUT2D eigenvalue weighted by Gasteiger charge is -2.27. The number of carbonyl (C=O) groups excluding carboxylic acids is 1. The fraction of sp³-hybridized carbons (Fsp3) is 0.917. The molecule has 1 atom stereocenters. The maximum atomic E-state index is 10.2. The van der Waals surface area contributed by atoms with Gasteiger partial charge in [-0.25, -0.2) is 0 Å². The Hall–Kier alpha value is -0.610. The first-order chi connectivity index (χ1) is 7.72. The molecule has 16 heavy (non-hydrogen) atoms. The number of likely N-dealkylation sites (tertiary alicyclic amines) is 1. The van der Waals surface area contributed by atoms with E-state index >= 15 is 0 Å². The van der Waals surface area contributed by atoms with Gasteiger partial charge in [0.1, 0.15) is 0 Å². The van der Waals surface area contributed by atoms with Crippen molar-refractivity contribution in [3.63, 3.8) is 0 Å². The molecule has 0 aliphatic carbocycles. The third-order valence-corrected chi connectivity index (χ3v) is 2.50. The molecule has 0 N–H and O–H groups in total. The van der Waals surface area contributed by atoms with Gasteiger partial charge in [-0.1, -0.05) is 13.8 Å². The number of amides is 1. The molecule has 2 saturated heterocycles. The first-order valence-electron chi connectivity index (χ1n) is 6.22. The van der Waals surface area contributed by atoms with E-state index in [1.807, 2.05) is 20.8 Å². The number of hydrogen-bond donors (Lipinski definition) is 0. The van der Waals surface area contributed by atoms with Gasteiger partial charge in [0, 0.05) is 13.1 Å². The molecular weight excluding hydrogens is 204 g/mol. The van der Waals surface area contributed by atoms with Crippen molar-refractivity contribution in [2.75, 3.05) is 39.8 Å². The molecule has 0 bridgehead atoms. The summed E-state index contributed by atoms with van der Waals surface area (Å²) in [5.41, 5.74) is 0. The summed E-state index contributed by atoms with van der Waals surface area (Å²) in [4.78, 5) is 14.2. The highest BCUT2D eigenvalue weighted by molar-refractivity contribution is 5.47. The van der Waals surface area contributed by atoms with E-state index in [0.29, 0.717) is 6.61 Å². The minimum absolute atomic E-state index is 0.212. The van der Waals surface area contributed by atoms with Crippen molar-refractivity contribution in [3.05, 3.63) is 0 Å². The average Bonchev–Trinajstić information content (AvgIpc) is 2.30. The zero-order chi connectivity index (χ0) is 12.4. The van der Waals surface area contributed by atoms with Gasteiger partial charge in [-0.15, -0.1) is 0 Å². The number of nitrogens with zero attached hydrogens (tertiary/aromatic N) is 2. The zero-order valence-corrected chi connectivity index (χ0v) is 11.1. The van der Waals surface area contributed by atoms with Crippen molar-refractivity contribution in [2.24, 2.45) is 0 Å². The van der Waals surface area contributed by atoms with Crippen LogP contribution in [-0.4, -0.2) is 62.1 Å². The molecule has 1 amide bonds. The Balaban J connectivity index is 0.000000272. The number of morpholine rings is 1. The van der Waals surface area contributed by atoms with E-state index in [1.165, 1.54) is 19.5 Å². The molecule has 0 spiro atoms. The first-order valence-corrected chi connectivity index (χ1v) is 6.22. The quantitative estimate of drug-likeness (QED) is 0.635. The Labute approximate surface area is 99.5 Å². The van der Waals surface area contributed by atoms with Crippen LogP contribution in [0.25, 0.3) is 0 Å². The Bertz CT molecular complexity index is 172. The van der Waals surface area contributed by atoms with Crippen LogP contribution in [0.1, 0.15) is 27.2 Å². The lowest BCUT2D eigenvalue weighted by molar-refractivity contribution is -0.124. The van der Waals surface area contributed by atoms with Crippen molar-refractivity contribution in [2.45, 2.75) is 33.3 Å². The monoisotopic (exact) mass is 230 g/mol. The third kappa shape index (κ3) is 6.80. The van der Waals surface area contributed by atoms with Crippen LogP contribution < -0.4 is 0 Å². The average molecular weight is 230 g/mol. The highest BCUT2D eigenvalue weighted by atomic mass is 16.5. The predicted molar refractivity (Wildman–Crippen MR) is 66.5 cm³/mol. The fourth-order valence-electron chi connectivity index (χ4n) is 1.42. The first kappa shape index (κ1) is 15.4. The second kappa shape index (κ2) is 9.60. The van der Waals surface area contributed by atoms with Crippen molar-refractivity contribution in [1.82, 2.24) is 9.80 Å². The Kier molecular flexibility index (Phi) is 9.24. The van der Waals surface area contributed by atoms with Gasteiger partial charge in [0.25, 0.3) is 0 Å². The highest BCUT2D eigenvalue weighted by Gasteiger charge is 2.13. The second-order valence-corrected chi connectivity index (χ2v) is 3.94. The Morgan fingerprint density at radius 1 is 1.25 bits per heavy atom. The van der Waals surface area contributed by atoms with E-state index in [4.69, 9.17) is 4.74 Å². The molecule has 2 aliphatic rings. The maximum Gasteiger partial charge on any atom is 0.209 e. The van der Waals surface area contributed by atoms with Gasteiger partial charge in [-0.05, 0) is 33.5 Å². The summed E-state index contributed by atoms with van der Waals surface area (Å²) >= 11 is 0. The fourth-order valence-corrected chi connectivity index (χ4v) is 1.42. The molecule has 1 unspecified atom stereocenters. The SMILES string of the molecule is CC.CC1CN(C=O)CCO1.CN1CCC1. The molecular formula is C12H26N2O2. The lowest BCUT2D eigenvalue weighted by Crippen LogP contribution is -2.39. The highest BCUT2D eigenvalue weighted by Crippen LogP contribution is 2.00. The zero-order valence-electron chi connectivity index (χ0n) is 11.1. The molecule has 96 valence electrons. The smallest absolute Gasteiger partial charge is 0.209 e. The molecule has 0 saturated carbocycles. The van der Waals surface area contributed by atoms with Gasteiger partial charge < -0.3 is 14.5 Å². The molecule has 0 aromatic heterocycles. The lowest BCUT2D eigenvalue weighted by atomic mass is 10.3. The van der Waals surface area contributed by atoms with Crippen molar-refractivity contribution in [1.29, 1.82) is 0 Å². The van der Waals surface area contributed by atoms with Crippen LogP contribution in [0.3, 0.4) is 0 Å². The van der Waals surface area contributed by atoms with Crippen LogP contribution in [0, 0.1) is 0 Å². The molecule has 2 fully saturated rings. The Morgan fingerprint density at radius 2 is 1.81 bits per heavy atom. The van der Waals surface area contributed by atoms with E-state index in [9.17, 15) is 4.79 Å². The van der Waals surface area contributed by atoms with Crippen molar-refractivity contribution < 1.29 is 9.53 Å². The third-order valence-electron chi connectivity index (χ3n) is 2.50. The van der Waals surface area contributed by atoms with Gasteiger partial charge >= 0.3 is 0 Å². The summed E-state index contributed by atoms with van der Waals surface area (Å²) in [5, 5.41) is 0. The molecule has 4 nitrogen and oxygen atoms in total. The van der Waals surface area contributed by atoms with Crippen LogP contribution in [0.5, 0.6) is 0 Å². The van der Waals surface area contributed by atoms with Crippen LogP contribution in [0.4, 0.5) is 0 Å². The Morgan fingerprint density at radius 3 is 2.06 bits per heavy atom. The van der Waals surface area contributed by atoms with Gasteiger partial charge in [-0.3, -0.25) is 4.79 Å².